The van der Waals surface area contributed by atoms with E-state index in [4.69, 9.17) is 17.3 Å². The molecule has 2 rings (SSSR count). The summed E-state index contributed by atoms with van der Waals surface area (Å²) in [5, 5.41) is -0.129. The molecule has 0 amide bonds. The first-order chi connectivity index (χ1) is 9.87. The van der Waals surface area contributed by atoms with Crippen LogP contribution in [0.5, 0.6) is 0 Å². The Morgan fingerprint density at radius 3 is 2.52 bits per heavy atom. The van der Waals surface area contributed by atoms with Gasteiger partial charge in [-0.25, -0.2) is 12.8 Å². The minimum absolute atomic E-state index is 0.0175. The molecular weight excluding hydrogens is 315 g/mol. The van der Waals surface area contributed by atoms with Crippen molar-refractivity contribution in [2.24, 2.45) is 0 Å². The molecule has 0 heterocycles. The van der Waals surface area contributed by atoms with Gasteiger partial charge in [0.05, 0.1) is 10.7 Å². The van der Waals surface area contributed by atoms with E-state index >= 15 is 0 Å². The molecule has 0 aliphatic heterocycles. The minimum Gasteiger partial charge on any atom is -0.396 e. The van der Waals surface area contributed by atoms with Crippen molar-refractivity contribution in [2.45, 2.75) is 50.0 Å². The molecule has 1 fully saturated rings. The van der Waals surface area contributed by atoms with Gasteiger partial charge in [0.25, 0.3) is 0 Å². The first-order valence-corrected chi connectivity index (χ1v) is 8.96. The largest absolute Gasteiger partial charge is 0.396 e. The number of nitrogen functional groups attached to an aromatic ring is 1. The molecule has 0 unspecified atom stereocenters. The summed E-state index contributed by atoms with van der Waals surface area (Å²) < 4.78 is 40.5. The third-order valence-corrected chi connectivity index (χ3v) is 6.42. The summed E-state index contributed by atoms with van der Waals surface area (Å²) in [4.78, 5) is -0.115. The number of nitrogens with two attached hydrogens (primary N) is 1. The minimum atomic E-state index is -3.77. The highest BCUT2D eigenvalue weighted by Crippen LogP contribution is 2.32. The van der Waals surface area contributed by atoms with E-state index < -0.39 is 15.8 Å². The molecule has 2 N–H and O–H groups in total. The molecular formula is C14H20ClFN2O2S. The van der Waals surface area contributed by atoms with Gasteiger partial charge in [-0.3, -0.25) is 0 Å². The molecule has 0 radical (unpaired) electrons. The Hall–Kier alpha value is -0.850. The van der Waals surface area contributed by atoms with Crippen molar-refractivity contribution < 1.29 is 12.8 Å². The summed E-state index contributed by atoms with van der Waals surface area (Å²) in [5.74, 6) is -0.709. The monoisotopic (exact) mass is 334 g/mol. The zero-order valence-corrected chi connectivity index (χ0v) is 13.6. The molecule has 118 valence electrons. The van der Waals surface area contributed by atoms with Gasteiger partial charge in [0, 0.05) is 12.6 Å². The fourth-order valence-electron chi connectivity index (χ4n) is 2.86. The second-order valence-corrected chi connectivity index (χ2v) is 7.57. The number of sulfonamides is 1. The van der Waals surface area contributed by atoms with Crippen LogP contribution in [0.25, 0.3) is 0 Å². The number of halogens is 2. The maximum absolute atomic E-state index is 13.4. The van der Waals surface area contributed by atoms with E-state index in [1.807, 2.05) is 0 Å². The van der Waals surface area contributed by atoms with Crippen LogP contribution in [0.1, 0.15) is 39.0 Å². The molecule has 0 atom stereocenters. The molecule has 1 aliphatic carbocycles. The molecule has 4 nitrogen and oxygen atoms in total. The highest BCUT2D eigenvalue weighted by Gasteiger charge is 2.33. The Labute approximate surface area is 130 Å². The Bertz CT molecular complexity index is 616. The van der Waals surface area contributed by atoms with Gasteiger partial charge in [-0.05, 0) is 25.0 Å². The number of nitrogens with zero attached hydrogens (tertiary/aromatic N) is 1. The van der Waals surface area contributed by atoms with E-state index in [0.29, 0.717) is 6.54 Å². The maximum Gasteiger partial charge on any atom is 0.244 e. The van der Waals surface area contributed by atoms with Crippen LogP contribution in [0.15, 0.2) is 17.0 Å². The number of rotatable bonds is 4. The lowest BCUT2D eigenvalue weighted by atomic mass is 9.95. The van der Waals surface area contributed by atoms with Crippen LogP contribution in [0.4, 0.5) is 10.1 Å². The van der Waals surface area contributed by atoms with Crippen molar-refractivity contribution in [3.8, 4) is 0 Å². The van der Waals surface area contributed by atoms with Crippen LogP contribution in [0.3, 0.4) is 0 Å². The van der Waals surface area contributed by atoms with Crippen molar-refractivity contribution in [2.75, 3.05) is 12.3 Å². The van der Waals surface area contributed by atoms with Crippen LogP contribution in [-0.4, -0.2) is 25.3 Å². The molecule has 21 heavy (non-hydrogen) atoms. The molecule has 1 aliphatic rings. The Morgan fingerprint density at radius 2 is 1.95 bits per heavy atom. The molecule has 1 aromatic rings. The van der Waals surface area contributed by atoms with Gasteiger partial charge in [0.15, 0.2) is 0 Å². The maximum atomic E-state index is 13.4. The number of benzene rings is 1. The van der Waals surface area contributed by atoms with Crippen LogP contribution < -0.4 is 5.73 Å². The lowest BCUT2D eigenvalue weighted by molar-refractivity contribution is 0.261. The molecule has 1 aromatic carbocycles. The van der Waals surface area contributed by atoms with E-state index in [1.54, 1.807) is 6.92 Å². The average Bonchev–Trinajstić information content (AvgIpc) is 2.44. The molecule has 0 aromatic heterocycles. The molecule has 0 bridgehead atoms. The third-order valence-electron chi connectivity index (χ3n) is 3.93. The van der Waals surface area contributed by atoms with E-state index in [1.165, 1.54) is 4.31 Å². The summed E-state index contributed by atoms with van der Waals surface area (Å²) in [5.41, 5.74) is 5.28. The van der Waals surface area contributed by atoms with Crippen molar-refractivity contribution in [3.05, 3.63) is 23.0 Å². The van der Waals surface area contributed by atoms with Gasteiger partial charge >= 0.3 is 0 Å². The van der Waals surface area contributed by atoms with Gasteiger partial charge in [0.1, 0.15) is 10.7 Å². The van der Waals surface area contributed by atoms with Crippen LogP contribution >= 0.6 is 11.6 Å². The zero-order valence-electron chi connectivity index (χ0n) is 12.0. The predicted octanol–water partition coefficient (Wildman–Crippen LogP) is 3.40. The normalized spacial score (nSPS) is 17.3. The number of anilines is 1. The van der Waals surface area contributed by atoms with Gasteiger partial charge < -0.3 is 5.73 Å². The summed E-state index contributed by atoms with van der Waals surface area (Å²) in [6.07, 6.45) is 4.88. The van der Waals surface area contributed by atoms with Crippen LogP contribution in [0, 0.1) is 5.82 Å². The zero-order chi connectivity index (χ0) is 15.6. The quantitative estimate of drug-likeness (QED) is 0.858. The van der Waals surface area contributed by atoms with Gasteiger partial charge in [-0.15, -0.1) is 0 Å². The number of hydrogen-bond acceptors (Lipinski definition) is 3. The van der Waals surface area contributed by atoms with Gasteiger partial charge in [-0.1, -0.05) is 37.8 Å². The highest BCUT2D eigenvalue weighted by atomic mass is 35.5. The summed E-state index contributed by atoms with van der Waals surface area (Å²) in [6, 6.07) is 2.05. The predicted molar refractivity (Wildman–Crippen MR) is 82.3 cm³/mol. The topological polar surface area (TPSA) is 63.4 Å². The van der Waals surface area contributed by atoms with E-state index in [2.05, 4.69) is 0 Å². The fraction of sp³-hybridized carbons (Fsp3) is 0.571. The molecule has 0 spiro atoms. The summed E-state index contributed by atoms with van der Waals surface area (Å²) in [7, 11) is -3.77. The van der Waals surface area contributed by atoms with Gasteiger partial charge in [0.2, 0.25) is 10.0 Å². The standard InChI is InChI=1S/C14H20ClFN2O2S/c1-2-18(10-6-4-3-5-7-10)21(19,20)14-9-13(17)12(16)8-11(14)15/h8-10H,2-7,17H2,1H3. The van der Waals surface area contributed by atoms with Crippen molar-refractivity contribution in [1.82, 2.24) is 4.31 Å². The lowest BCUT2D eigenvalue weighted by Gasteiger charge is -2.32. The second-order valence-electron chi connectivity index (χ2n) is 5.30. The lowest BCUT2D eigenvalue weighted by Crippen LogP contribution is -2.41. The van der Waals surface area contributed by atoms with E-state index in [9.17, 15) is 12.8 Å². The molecule has 1 saturated carbocycles. The SMILES string of the molecule is CCN(C1CCCCC1)S(=O)(=O)c1cc(N)c(F)cc1Cl. The van der Waals surface area contributed by atoms with E-state index in [-0.39, 0.29) is 21.6 Å². The summed E-state index contributed by atoms with van der Waals surface area (Å²) >= 11 is 5.92. The smallest absolute Gasteiger partial charge is 0.244 e. The van der Waals surface area contributed by atoms with Gasteiger partial charge in [-0.2, -0.15) is 4.31 Å². The average molecular weight is 335 g/mol. The molecule has 7 heteroatoms. The Kier molecular flexibility index (Phi) is 5.11. The highest BCUT2D eigenvalue weighted by molar-refractivity contribution is 7.89. The molecule has 0 saturated heterocycles. The fourth-order valence-corrected chi connectivity index (χ4v) is 5.08. The third kappa shape index (κ3) is 3.33. The van der Waals surface area contributed by atoms with Crippen molar-refractivity contribution in [1.29, 1.82) is 0 Å². The Balaban J connectivity index is 2.41. The van der Waals surface area contributed by atoms with Crippen molar-refractivity contribution >= 4 is 27.3 Å². The first kappa shape index (κ1) is 16.5. The van der Waals surface area contributed by atoms with E-state index in [0.717, 1.165) is 44.2 Å². The first-order valence-electron chi connectivity index (χ1n) is 7.14. The second kappa shape index (κ2) is 6.50. The number of hydrogen-bond donors (Lipinski definition) is 1. The van der Waals surface area contributed by atoms with Crippen LogP contribution in [-0.2, 0) is 10.0 Å². The van der Waals surface area contributed by atoms with Crippen molar-refractivity contribution in [3.63, 3.8) is 0 Å². The summed E-state index contributed by atoms with van der Waals surface area (Å²) in [6.45, 7) is 2.16. The van der Waals surface area contributed by atoms with Crippen LogP contribution in [0.2, 0.25) is 5.02 Å². The Morgan fingerprint density at radius 1 is 1.33 bits per heavy atom.